The van der Waals surface area contributed by atoms with Crippen LogP contribution in [0, 0.1) is 0 Å². The number of carboxylic acids is 2. The topological polar surface area (TPSA) is 80.3 Å². The maximum atomic E-state index is 9.97. The Morgan fingerprint density at radius 2 is 0.957 bits per heavy atom. The Balaban J connectivity index is 0.000000403. The first kappa shape index (κ1) is 20.5. The molecule has 114 valence electrons. The Labute approximate surface area is 147 Å². The smallest absolute Gasteiger partial charge is 0.0643 e. The molecule has 2 rings (SSSR count). The van der Waals surface area contributed by atoms with E-state index in [4.69, 9.17) is 0 Å². The zero-order valence-corrected chi connectivity index (χ0v) is 15.4. The molecule has 23 heavy (non-hydrogen) atoms. The second-order valence-corrected chi connectivity index (χ2v) is 4.13. The average molecular weight is 360 g/mol. The number of carbonyl (C=O) groups excluding carboxylic acids is 2. The van der Waals surface area contributed by atoms with E-state index in [2.05, 4.69) is 0 Å². The predicted molar refractivity (Wildman–Crippen MR) is 81.0 cm³/mol. The molecule has 0 unspecified atom stereocenters. The van der Waals surface area contributed by atoms with Crippen LogP contribution in [0.25, 0.3) is 12.2 Å². The van der Waals surface area contributed by atoms with Crippen molar-refractivity contribution in [1.82, 2.24) is 0 Å². The van der Waals surface area contributed by atoms with Gasteiger partial charge in [-0.15, -0.1) is 0 Å². The molecule has 0 aromatic heterocycles. The molecule has 5 heteroatoms. The van der Waals surface area contributed by atoms with Crippen LogP contribution in [0.15, 0.2) is 72.8 Å². The van der Waals surface area contributed by atoms with Gasteiger partial charge in [-0.25, -0.2) is 0 Å². The Hall–Kier alpha value is -2.52. The van der Waals surface area contributed by atoms with Crippen molar-refractivity contribution in [3.8, 4) is 0 Å². The van der Waals surface area contributed by atoms with Gasteiger partial charge in [0.25, 0.3) is 0 Å². The van der Waals surface area contributed by atoms with E-state index in [1.54, 1.807) is 0 Å². The van der Waals surface area contributed by atoms with E-state index in [9.17, 15) is 19.8 Å². The largest absolute Gasteiger partial charge is 0.545 e. The minimum absolute atomic E-state index is 0. The fraction of sp³-hybridized carbons (Fsp3) is 0. The second-order valence-electron chi connectivity index (χ2n) is 4.13. The second kappa shape index (κ2) is 12.1. The third kappa shape index (κ3) is 10.8. The molecule has 0 radical (unpaired) electrons. The first-order chi connectivity index (χ1) is 10.6. The van der Waals surface area contributed by atoms with Crippen LogP contribution in [0.5, 0.6) is 0 Å². The summed E-state index contributed by atoms with van der Waals surface area (Å²) in [5.74, 6) is -2.34. The quantitative estimate of drug-likeness (QED) is 0.600. The monoisotopic (exact) mass is 358 g/mol. The number of hydrogen-bond donors (Lipinski definition) is 0. The zero-order valence-electron chi connectivity index (χ0n) is 12.4. The van der Waals surface area contributed by atoms with Gasteiger partial charge in [0, 0.05) is 19.5 Å². The van der Waals surface area contributed by atoms with Crippen LogP contribution >= 0.6 is 0 Å². The summed E-state index contributed by atoms with van der Waals surface area (Å²) in [6.07, 6.45) is 5.01. The van der Waals surface area contributed by atoms with Crippen molar-refractivity contribution in [3.05, 3.63) is 83.9 Å². The summed E-state index contributed by atoms with van der Waals surface area (Å²) in [5.41, 5.74) is 1.72. The molecule has 2 aromatic carbocycles. The number of rotatable bonds is 4. The fourth-order valence-corrected chi connectivity index (χ4v) is 1.46. The SMILES string of the molecule is O=C([O-])/C=C/c1ccccc1.O=C([O-])/C=C/c1ccccc1.[Zn]. The molecule has 0 N–H and O–H groups in total. The molecule has 0 spiro atoms. The molecule has 0 aliphatic carbocycles. The maximum Gasteiger partial charge on any atom is 0.0643 e. The number of benzene rings is 2. The molecule has 0 heterocycles. The molecule has 0 amide bonds. The number of aliphatic carboxylic acids is 2. The average Bonchev–Trinajstić information content (AvgIpc) is 2.53. The van der Waals surface area contributed by atoms with Gasteiger partial charge in [-0.05, 0) is 23.3 Å². The van der Waals surface area contributed by atoms with Crippen LogP contribution in [-0.2, 0) is 29.1 Å². The number of hydrogen-bond acceptors (Lipinski definition) is 4. The first-order valence-electron chi connectivity index (χ1n) is 6.46. The molecule has 0 saturated heterocycles. The van der Waals surface area contributed by atoms with Crippen LogP contribution < -0.4 is 10.2 Å². The third-order valence-corrected chi connectivity index (χ3v) is 2.42. The van der Waals surface area contributed by atoms with Gasteiger partial charge in [0.15, 0.2) is 0 Å². The Morgan fingerprint density at radius 3 is 1.22 bits per heavy atom. The molecule has 0 saturated carbocycles. The van der Waals surface area contributed by atoms with Crippen molar-refractivity contribution in [1.29, 1.82) is 0 Å². The summed E-state index contributed by atoms with van der Waals surface area (Å²) in [6.45, 7) is 0. The van der Waals surface area contributed by atoms with Gasteiger partial charge >= 0.3 is 0 Å². The van der Waals surface area contributed by atoms with Gasteiger partial charge in [-0.2, -0.15) is 0 Å². The van der Waals surface area contributed by atoms with Gasteiger partial charge in [0.2, 0.25) is 0 Å². The predicted octanol–water partition coefficient (Wildman–Crippen LogP) is 0.897. The molecule has 2 aromatic rings. The fourth-order valence-electron chi connectivity index (χ4n) is 1.46. The van der Waals surface area contributed by atoms with Gasteiger partial charge < -0.3 is 19.8 Å². The minimum Gasteiger partial charge on any atom is -0.545 e. The molecule has 0 atom stereocenters. The Bertz CT molecular complexity index is 590. The summed E-state index contributed by atoms with van der Waals surface area (Å²) in [6, 6.07) is 18.4. The van der Waals surface area contributed by atoms with Crippen molar-refractivity contribution in [2.24, 2.45) is 0 Å². The van der Waals surface area contributed by atoms with E-state index in [0.29, 0.717) is 0 Å². The van der Waals surface area contributed by atoms with E-state index in [0.717, 1.165) is 23.3 Å². The van der Waals surface area contributed by atoms with Crippen molar-refractivity contribution >= 4 is 24.1 Å². The molecular formula is C18H14O4Zn-2. The zero-order chi connectivity index (χ0) is 16.2. The summed E-state index contributed by atoms with van der Waals surface area (Å²) in [5, 5.41) is 19.9. The van der Waals surface area contributed by atoms with Crippen LogP contribution in [0.4, 0.5) is 0 Å². The van der Waals surface area contributed by atoms with Gasteiger partial charge in [0.1, 0.15) is 0 Å². The summed E-state index contributed by atoms with van der Waals surface area (Å²) in [7, 11) is 0. The van der Waals surface area contributed by atoms with Crippen LogP contribution in [0.3, 0.4) is 0 Å². The normalized spacial score (nSPS) is 9.74. The summed E-state index contributed by atoms with van der Waals surface area (Å²) < 4.78 is 0. The summed E-state index contributed by atoms with van der Waals surface area (Å²) >= 11 is 0. The molecule has 4 nitrogen and oxygen atoms in total. The first-order valence-corrected chi connectivity index (χ1v) is 6.46. The molecule has 0 aliphatic heterocycles. The van der Waals surface area contributed by atoms with Gasteiger partial charge in [-0.3, -0.25) is 0 Å². The van der Waals surface area contributed by atoms with Crippen molar-refractivity contribution in [2.45, 2.75) is 0 Å². The van der Waals surface area contributed by atoms with Crippen LogP contribution in [-0.4, -0.2) is 11.9 Å². The van der Waals surface area contributed by atoms with Gasteiger partial charge in [0.05, 0.1) is 11.9 Å². The van der Waals surface area contributed by atoms with Crippen molar-refractivity contribution in [3.63, 3.8) is 0 Å². The molecule has 0 fully saturated rings. The van der Waals surface area contributed by atoms with E-state index in [1.807, 2.05) is 60.7 Å². The van der Waals surface area contributed by atoms with Crippen molar-refractivity contribution in [2.75, 3.05) is 0 Å². The summed E-state index contributed by atoms with van der Waals surface area (Å²) in [4.78, 5) is 19.9. The van der Waals surface area contributed by atoms with Crippen molar-refractivity contribution < 1.29 is 39.3 Å². The Morgan fingerprint density at radius 1 is 0.652 bits per heavy atom. The standard InChI is InChI=1S/2C9H8O2.Zn/c2*10-9(11)7-6-8-4-2-1-3-5-8;/h2*1-7H,(H,10,11);/p-2/b2*7-6+;. The molecular weight excluding hydrogens is 346 g/mol. The van der Waals surface area contributed by atoms with E-state index < -0.39 is 11.9 Å². The number of carboxylic acid groups (broad SMARTS) is 2. The van der Waals surface area contributed by atoms with E-state index in [-0.39, 0.29) is 19.5 Å². The molecule has 0 bridgehead atoms. The van der Waals surface area contributed by atoms with Gasteiger partial charge in [-0.1, -0.05) is 72.8 Å². The number of carbonyl (C=O) groups is 2. The van der Waals surface area contributed by atoms with E-state index >= 15 is 0 Å². The van der Waals surface area contributed by atoms with Crippen LogP contribution in [0.1, 0.15) is 11.1 Å². The maximum absolute atomic E-state index is 9.97. The molecule has 0 aliphatic rings. The Kier molecular flexibility index (Phi) is 10.7. The third-order valence-electron chi connectivity index (χ3n) is 2.42. The van der Waals surface area contributed by atoms with E-state index in [1.165, 1.54) is 12.2 Å². The van der Waals surface area contributed by atoms with Crippen LogP contribution in [0.2, 0.25) is 0 Å². The minimum atomic E-state index is -1.17.